The van der Waals surface area contributed by atoms with E-state index in [2.05, 4.69) is 0 Å². The molecule has 2 unspecified atom stereocenters. The predicted molar refractivity (Wildman–Crippen MR) is 108 cm³/mol. The molecule has 0 aromatic heterocycles. The van der Waals surface area contributed by atoms with Gasteiger partial charge in [-0.05, 0) is 56.5 Å². The third kappa shape index (κ3) is 4.53. The molecule has 0 saturated carbocycles. The maximum atomic E-state index is 13.0. The summed E-state index contributed by atoms with van der Waals surface area (Å²) in [4.78, 5) is 27.5. The van der Waals surface area contributed by atoms with Crippen LogP contribution in [0.4, 0.5) is 4.79 Å². The molecule has 1 heterocycles. The molecule has 1 aliphatic heterocycles. The minimum atomic E-state index is -0.867. The predicted octanol–water partition coefficient (Wildman–Crippen LogP) is 4.79. The summed E-state index contributed by atoms with van der Waals surface area (Å²) >= 11 is 0. The van der Waals surface area contributed by atoms with Gasteiger partial charge in [-0.1, -0.05) is 36.4 Å². The van der Waals surface area contributed by atoms with E-state index in [1.807, 2.05) is 49.4 Å². The highest BCUT2D eigenvalue weighted by molar-refractivity contribution is 5.85. The summed E-state index contributed by atoms with van der Waals surface area (Å²) < 4.78 is 16.4. The first-order valence-corrected chi connectivity index (χ1v) is 9.61. The Kier molecular flexibility index (Phi) is 5.82. The number of nitrogens with zero attached hydrogens (tertiary/aromatic N) is 1. The van der Waals surface area contributed by atoms with Gasteiger partial charge < -0.3 is 14.2 Å². The Morgan fingerprint density at radius 3 is 2.34 bits per heavy atom. The number of carbonyl (C=O) groups excluding carboxylic acids is 2. The van der Waals surface area contributed by atoms with Gasteiger partial charge in [-0.25, -0.2) is 9.59 Å². The molecule has 0 aliphatic carbocycles. The molecule has 0 radical (unpaired) electrons. The van der Waals surface area contributed by atoms with Gasteiger partial charge in [0.05, 0.1) is 13.2 Å². The van der Waals surface area contributed by atoms with E-state index in [0.29, 0.717) is 5.75 Å². The Hall–Kier alpha value is -3.02. The van der Waals surface area contributed by atoms with Crippen LogP contribution in [0.2, 0.25) is 0 Å². The first kappa shape index (κ1) is 20.7. The van der Waals surface area contributed by atoms with Crippen LogP contribution in [0.3, 0.4) is 0 Å². The van der Waals surface area contributed by atoms with Gasteiger partial charge in [-0.2, -0.15) is 0 Å². The maximum Gasteiger partial charge on any atom is 0.411 e. The van der Waals surface area contributed by atoms with E-state index in [1.54, 1.807) is 33.9 Å². The Bertz CT molecular complexity index is 888. The van der Waals surface area contributed by atoms with Crippen LogP contribution < -0.4 is 4.74 Å². The topological polar surface area (TPSA) is 65.1 Å². The lowest BCUT2D eigenvalue weighted by Crippen LogP contribution is -2.39. The standard InChI is InChI=1S/C23H27NO5/c1-15-19-13-17(27-5)11-12-18(19)20(21(25)29-23(2,3)4)24(15)22(26)28-14-16-9-7-6-8-10-16/h6-13,15,20H,14H2,1-5H3. The molecule has 1 aliphatic rings. The lowest BCUT2D eigenvalue weighted by molar-refractivity contribution is -0.161. The van der Waals surface area contributed by atoms with Crippen molar-refractivity contribution in [2.24, 2.45) is 0 Å². The van der Waals surface area contributed by atoms with Crippen LogP contribution in [0.5, 0.6) is 5.75 Å². The fourth-order valence-electron chi connectivity index (χ4n) is 3.47. The van der Waals surface area contributed by atoms with Crippen molar-refractivity contribution in [1.82, 2.24) is 4.90 Å². The summed E-state index contributed by atoms with van der Waals surface area (Å²) in [5, 5.41) is 0. The van der Waals surface area contributed by atoms with Crippen LogP contribution in [0.1, 0.15) is 56.5 Å². The number of amides is 1. The second kappa shape index (κ2) is 8.15. The van der Waals surface area contributed by atoms with E-state index in [4.69, 9.17) is 14.2 Å². The molecule has 29 heavy (non-hydrogen) atoms. The van der Waals surface area contributed by atoms with Crippen molar-refractivity contribution in [1.29, 1.82) is 0 Å². The zero-order valence-corrected chi connectivity index (χ0v) is 17.5. The van der Waals surface area contributed by atoms with Crippen LogP contribution in [0.15, 0.2) is 48.5 Å². The fourth-order valence-corrected chi connectivity index (χ4v) is 3.47. The molecule has 0 fully saturated rings. The molecule has 0 spiro atoms. The molecule has 0 bridgehead atoms. The minimum absolute atomic E-state index is 0.129. The van der Waals surface area contributed by atoms with Gasteiger partial charge in [0, 0.05) is 0 Å². The quantitative estimate of drug-likeness (QED) is 0.694. The molecule has 2 atom stereocenters. The lowest BCUT2D eigenvalue weighted by atomic mass is 10.0. The monoisotopic (exact) mass is 397 g/mol. The highest BCUT2D eigenvalue weighted by Crippen LogP contribution is 2.44. The average Bonchev–Trinajstić information content (AvgIpc) is 2.98. The number of carbonyl (C=O) groups is 2. The summed E-state index contributed by atoms with van der Waals surface area (Å²) in [6, 6.07) is 13.6. The Balaban J connectivity index is 1.90. The number of benzene rings is 2. The molecule has 2 aromatic carbocycles. The molecule has 2 aromatic rings. The molecule has 6 nitrogen and oxygen atoms in total. The van der Waals surface area contributed by atoms with E-state index in [1.165, 1.54) is 4.90 Å². The normalized spacial score (nSPS) is 18.2. The Morgan fingerprint density at radius 2 is 1.72 bits per heavy atom. The molecular formula is C23H27NO5. The molecule has 0 N–H and O–H groups in total. The summed E-state index contributed by atoms with van der Waals surface area (Å²) in [6.45, 7) is 7.40. The van der Waals surface area contributed by atoms with Gasteiger partial charge in [-0.3, -0.25) is 4.90 Å². The van der Waals surface area contributed by atoms with Gasteiger partial charge in [0.1, 0.15) is 18.0 Å². The van der Waals surface area contributed by atoms with Crippen molar-refractivity contribution in [2.75, 3.05) is 7.11 Å². The SMILES string of the molecule is COc1ccc2c(c1)C(C)N(C(=O)OCc1ccccc1)C2C(=O)OC(C)(C)C. The van der Waals surface area contributed by atoms with Crippen molar-refractivity contribution in [2.45, 2.75) is 52.0 Å². The second-order valence-corrected chi connectivity index (χ2v) is 8.05. The molecule has 6 heteroatoms. The first-order valence-electron chi connectivity index (χ1n) is 9.61. The molecule has 3 rings (SSSR count). The molecule has 1 amide bonds. The second-order valence-electron chi connectivity index (χ2n) is 8.05. The first-order chi connectivity index (χ1) is 13.7. The largest absolute Gasteiger partial charge is 0.497 e. The van der Waals surface area contributed by atoms with Crippen LogP contribution >= 0.6 is 0 Å². The van der Waals surface area contributed by atoms with Crippen molar-refractivity contribution in [3.63, 3.8) is 0 Å². The molecular weight excluding hydrogens is 370 g/mol. The van der Waals surface area contributed by atoms with Crippen molar-refractivity contribution in [3.05, 3.63) is 65.2 Å². The maximum absolute atomic E-state index is 13.0. The molecule has 0 saturated heterocycles. The number of hydrogen-bond donors (Lipinski definition) is 0. The smallest absolute Gasteiger partial charge is 0.411 e. The fraction of sp³-hybridized carbons (Fsp3) is 0.391. The summed E-state index contributed by atoms with van der Waals surface area (Å²) in [7, 11) is 1.58. The number of esters is 1. The van der Waals surface area contributed by atoms with E-state index in [-0.39, 0.29) is 12.6 Å². The number of hydrogen-bond acceptors (Lipinski definition) is 5. The number of ether oxygens (including phenoxy) is 3. The Labute approximate surface area is 171 Å². The van der Waals surface area contributed by atoms with Crippen LogP contribution in [0.25, 0.3) is 0 Å². The van der Waals surface area contributed by atoms with E-state index >= 15 is 0 Å². The van der Waals surface area contributed by atoms with Gasteiger partial charge in [-0.15, -0.1) is 0 Å². The zero-order chi connectivity index (χ0) is 21.2. The third-order valence-corrected chi connectivity index (χ3v) is 4.78. The molecule has 154 valence electrons. The van der Waals surface area contributed by atoms with Crippen LogP contribution in [-0.2, 0) is 20.9 Å². The summed E-state index contributed by atoms with van der Waals surface area (Å²) in [5.41, 5.74) is 1.77. The van der Waals surface area contributed by atoms with Crippen molar-refractivity contribution in [3.8, 4) is 5.75 Å². The highest BCUT2D eigenvalue weighted by atomic mass is 16.6. The van der Waals surface area contributed by atoms with Gasteiger partial charge in [0.2, 0.25) is 0 Å². The van der Waals surface area contributed by atoms with E-state index < -0.39 is 23.7 Å². The van der Waals surface area contributed by atoms with Crippen molar-refractivity contribution >= 4 is 12.1 Å². The summed E-state index contributed by atoms with van der Waals surface area (Å²) in [5.74, 6) is 0.183. The van der Waals surface area contributed by atoms with E-state index in [0.717, 1.165) is 16.7 Å². The van der Waals surface area contributed by atoms with Crippen molar-refractivity contribution < 1.29 is 23.8 Å². The van der Waals surface area contributed by atoms with Gasteiger partial charge in [0.25, 0.3) is 0 Å². The van der Waals surface area contributed by atoms with Gasteiger partial charge >= 0.3 is 12.1 Å². The zero-order valence-electron chi connectivity index (χ0n) is 17.5. The minimum Gasteiger partial charge on any atom is -0.497 e. The van der Waals surface area contributed by atoms with Gasteiger partial charge in [0.15, 0.2) is 6.04 Å². The van der Waals surface area contributed by atoms with E-state index in [9.17, 15) is 9.59 Å². The summed E-state index contributed by atoms with van der Waals surface area (Å²) in [6.07, 6.45) is -0.563. The highest BCUT2D eigenvalue weighted by Gasteiger charge is 2.46. The number of rotatable bonds is 4. The number of methoxy groups -OCH3 is 1. The average molecular weight is 397 g/mol. The van der Waals surface area contributed by atoms with Crippen LogP contribution in [0, 0.1) is 0 Å². The number of fused-ring (bicyclic) bond motifs is 1. The Morgan fingerprint density at radius 1 is 1.03 bits per heavy atom. The lowest BCUT2D eigenvalue weighted by Gasteiger charge is -2.29. The third-order valence-electron chi connectivity index (χ3n) is 4.78. The van der Waals surface area contributed by atoms with Crippen LogP contribution in [-0.4, -0.2) is 29.7 Å².